The summed E-state index contributed by atoms with van der Waals surface area (Å²) in [6.07, 6.45) is 8.39. The molecule has 4 nitrogen and oxygen atoms in total. The SMILES string of the molecule is C1=CN2c3ccccc3N(c3ccc4c(c3)c3ccccc3n4-c3cccc([Si](c4ccccc4)(c4ccccc4)c4cccc(-c5ccccc5)c4)c3)N2C=C1. The van der Waals surface area contributed by atoms with Crippen LogP contribution in [0, 0.1) is 0 Å². The number of hydrazine groups is 2. The van der Waals surface area contributed by atoms with Gasteiger partial charge in [-0.2, -0.15) is 5.12 Å². The highest BCUT2D eigenvalue weighted by Crippen LogP contribution is 2.45. The summed E-state index contributed by atoms with van der Waals surface area (Å²) in [6.45, 7) is 0. The molecule has 57 heavy (non-hydrogen) atoms. The van der Waals surface area contributed by atoms with Crippen molar-refractivity contribution in [3.8, 4) is 16.8 Å². The molecule has 0 fully saturated rings. The molecule has 0 unspecified atom stereocenters. The summed E-state index contributed by atoms with van der Waals surface area (Å²) in [6, 6.07) is 76.2. The van der Waals surface area contributed by atoms with Crippen molar-refractivity contribution >= 4 is 67.7 Å². The third-order valence-corrected chi connectivity index (χ3v) is 16.3. The van der Waals surface area contributed by atoms with Gasteiger partial charge in [-0.1, -0.05) is 158 Å². The molecule has 0 N–H and O–H groups in total. The van der Waals surface area contributed by atoms with Gasteiger partial charge in [-0.25, -0.2) is 10.0 Å². The van der Waals surface area contributed by atoms with E-state index in [9.17, 15) is 0 Å². The smallest absolute Gasteiger partial charge is 0.179 e. The van der Waals surface area contributed by atoms with Gasteiger partial charge in [-0.3, -0.25) is 0 Å². The molecule has 0 radical (unpaired) electrons. The molecule has 0 saturated heterocycles. The number of para-hydroxylation sites is 3. The fourth-order valence-electron chi connectivity index (χ4n) is 9.14. The molecular weight excluding hydrogens is 709 g/mol. The van der Waals surface area contributed by atoms with Crippen molar-refractivity contribution in [1.82, 2.24) is 9.69 Å². The zero-order valence-electron chi connectivity index (χ0n) is 31.2. The van der Waals surface area contributed by atoms with Gasteiger partial charge >= 0.3 is 0 Å². The van der Waals surface area contributed by atoms with E-state index in [0.29, 0.717) is 0 Å². The van der Waals surface area contributed by atoms with Gasteiger partial charge in [-0.05, 0) is 92.6 Å². The molecule has 0 atom stereocenters. The van der Waals surface area contributed by atoms with Gasteiger partial charge < -0.3 is 4.57 Å². The Bertz CT molecular complexity index is 2950. The lowest BCUT2D eigenvalue weighted by atomic mass is 10.1. The van der Waals surface area contributed by atoms with E-state index in [0.717, 1.165) is 22.7 Å². The summed E-state index contributed by atoms with van der Waals surface area (Å²) in [4.78, 5) is 0. The van der Waals surface area contributed by atoms with Gasteiger partial charge in [0.15, 0.2) is 8.07 Å². The van der Waals surface area contributed by atoms with Gasteiger partial charge in [0.25, 0.3) is 0 Å². The summed E-state index contributed by atoms with van der Waals surface area (Å²) in [5, 5.41) is 14.5. The van der Waals surface area contributed by atoms with Crippen LogP contribution >= 0.6 is 0 Å². The van der Waals surface area contributed by atoms with Crippen LogP contribution in [-0.4, -0.2) is 17.8 Å². The number of hydrogen-bond acceptors (Lipinski definition) is 3. The standard InChI is InChI=1S/C52H38N4Si/c1-4-18-39(19-5-1)40-20-16-26-45(36-40)57(43-22-6-2-7-23-43,44-24-8-3-9-25-44)46-27-17-21-41(37-46)55-49-29-11-10-28-47(49)48-38-42(32-33-50(48)55)56-52-31-13-12-30-51(52)53-34-14-15-35-54(53)56/h1-38H. The van der Waals surface area contributed by atoms with Crippen LogP contribution in [0.25, 0.3) is 38.6 Å². The lowest BCUT2D eigenvalue weighted by Crippen LogP contribution is -2.74. The van der Waals surface area contributed by atoms with Crippen LogP contribution in [0.3, 0.4) is 0 Å². The van der Waals surface area contributed by atoms with Crippen LogP contribution in [0.4, 0.5) is 17.1 Å². The van der Waals surface area contributed by atoms with Crippen LogP contribution < -0.4 is 30.8 Å². The number of hydrogen-bond donors (Lipinski definition) is 0. The number of nitrogens with zero attached hydrogens (tertiary/aromatic N) is 4. The minimum Gasteiger partial charge on any atom is -0.309 e. The number of aromatic nitrogens is 1. The molecule has 5 heteroatoms. The van der Waals surface area contributed by atoms with Crippen LogP contribution in [-0.2, 0) is 0 Å². The van der Waals surface area contributed by atoms with Gasteiger partial charge in [0.05, 0.1) is 28.1 Å². The topological polar surface area (TPSA) is 14.7 Å². The molecule has 0 saturated carbocycles. The lowest BCUT2D eigenvalue weighted by molar-refractivity contribution is 0.408. The molecule has 0 spiro atoms. The minimum absolute atomic E-state index is 1.10. The first-order valence-corrected chi connectivity index (χ1v) is 21.5. The first-order valence-electron chi connectivity index (χ1n) is 19.5. The van der Waals surface area contributed by atoms with Crippen molar-refractivity contribution in [3.05, 3.63) is 231 Å². The minimum atomic E-state index is -2.86. The zero-order valence-corrected chi connectivity index (χ0v) is 32.2. The van der Waals surface area contributed by atoms with Gasteiger partial charge in [0.2, 0.25) is 0 Å². The molecule has 9 aromatic rings. The fourth-order valence-corrected chi connectivity index (χ4v) is 14.0. The Morgan fingerprint density at radius 3 is 1.70 bits per heavy atom. The highest BCUT2D eigenvalue weighted by atomic mass is 28.3. The van der Waals surface area contributed by atoms with E-state index in [1.165, 1.54) is 53.7 Å². The second-order valence-electron chi connectivity index (χ2n) is 14.7. The van der Waals surface area contributed by atoms with Crippen LogP contribution in [0.2, 0.25) is 0 Å². The highest BCUT2D eigenvalue weighted by molar-refractivity contribution is 7.20. The van der Waals surface area contributed by atoms with E-state index < -0.39 is 8.07 Å². The largest absolute Gasteiger partial charge is 0.309 e. The van der Waals surface area contributed by atoms with Crippen molar-refractivity contribution in [1.29, 1.82) is 0 Å². The van der Waals surface area contributed by atoms with Gasteiger partial charge in [0, 0.05) is 28.9 Å². The number of fused-ring (bicyclic) bond motifs is 6. The van der Waals surface area contributed by atoms with Crippen LogP contribution in [0.5, 0.6) is 0 Å². The molecule has 0 amide bonds. The average molecular weight is 747 g/mol. The Labute approximate surface area is 333 Å². The Morgan fingerprint density at radius 2 is 0.930 bits per heavy atom. The monoisotopic (exact) mass is 746 g/mol. The van der Waals surface area contributed by atoms with Crippen molar-refractivity contribution in [2.45, 2.75) is 0 Å². The third-order valence-electron chi connectivity index (χ3n) is 11.6. The molecule has 2 aliphatic heterocycles. The van der Waals surface area contributed by atoms with E-state index in [1.807, 2.05) is 0 Å². The highest BCUT2D eigenvalue weighted by Gasteiger charge is 2.42. The number of allylic oxidation sites excluding steroid dienone is 2. The first kappa shape index (κ1) is 33.0. The molecule has 2 aliphatic rings. The Morgan fingerprint density at radius 1 is 0.351 bits per heavy atom. The van der Waals surface area contributed by atoms with Gasteiger partial charge in [0.1, 0.15) is 0 Å². The van der Waals surface area contributed by atoms with E-state index in [2.05, 4.69) is 251 Å². The second-order valence-corrected chi connectivity index (χ2v) is 18.5. The van der Waals surface area contributed by atoms with E-state index in [-0.39, 0.29) is 0 Å². The molecule has 0 bridgehead atoms. The molecule has 0 aliphatic carbocycles. The summed E-state index contributed by atoms with van der Waals surface area (Å²) in [7, 11) is -2.86. The molecular formula is C52H38N4Si. The van der Waals surface area contributed by atoms with Crippen molar-refractivity contribution < 1.29 is 0 Å². The molecule has 11 rings (SSSR count). The summed E-state index contributed by atoms with van der Waals surface area (Å²) < 4.78 is 2.46. The first-order chi connectivity index (χ1) is 28.3. The van der Waals surface area contributed by atoms with Crippen LogP contribution in [0.1, 0.15) is 0 Å². The maximum Gasteiger partial charge on any atom is 0.179 e. The molecule has 270 valence electrons. The lowest BCUT2D eigenvalue weighted by Gasteiger charge is -2.35. The van der Waals surface area contributed by atoms with E-state index in [4.69, 9.17) is 0 Å². The molecule has 1 aromatic heterocycles. The zero-order chi connectivity index (χ0) is 37.8. The number of rotatable bonds is 7. The quantitative estimate of drug-likeness (QED) is 0.119. The predicted molar refractivity (Wildman–Crippen MR) is 241 cm³/mol. The second kappa shape index (κ2) is 13.4. The summed E-state index contributed by atoms with van der Waals surface area (Å²) in [5.41, 5.74) is 9.35. The Kier molecular flexibility index (Phi) is 7.79. The average Bonchev–Trinajstić information content (AvgIpc) is 3.81. The summed E-state index contributed by atoms with van der Waals surface area (Å²) >= 11 is 0. The number of anilines is 3. The maximum absolute atomic E-state index is 2.86. The van der Waals surface area contributed by atoms with Crippen molar-refractivity contribution in [2.75, 3.05) is 10.0 Å². The van der Waals surface area contributed by atoms with E-state index in [1.54, 1.807) is 0 Å². The predicted octanol–water partition coefficient (Wildman–Crippen LogP) is 9.96. The number of benzene rings is 8. The van der Waals surface area contributed by atoms with E-state index >= 15 is 0 Å². The Hall–Kier alpha value is -7.34. The van der Waals surface area contributed by atoms with Crippen molar-refractivity contribution in [2.24, 2.45) is 0 Å². The summed E-state index contributed by atoms with van der Waals surface area (Å²) in [5.74, 6) is 0. The normalized spacial score (nSPS) is 13.4. The Balaban J connectivity index is 1.13. The van der Waals surface area contributed by atoms with Gasteiger partial charge in [-0.15, -0.1) is 0 Å². The molecule has 3 heterocycles. The van der Waals surface area contributed by atoms with Crippen molar-refractivity contribution in [3.63, 3.8) is 0 Å². The fraction of sp³-hybridized carbons (Fsp3) is 0. The maximum atomic E-state index is 2.47. The third kappa shape index (κ3) is 5.20. The van der Waals surface area contributed by atoms with Crippen LogP contribution in [0.15, 0.2) is 231 Å². The molecule has 8 aromatic carbocycles.